The minimum atomic E-state index is -0.473. The van der Waals surface area contributed by atoms with Crippen molar-refractivity contribution in [2.24, 2.45) is 5.73 Å². The number of nitrogens with zero attached hydrogens (tertiary/aromatic N) is 1. The van der Waals surface area contributed by atoms with Gasteiger partial charge in [0, 0.05) is 24.8 Å². The standard InChI is InChI=1S/C19H23N3O2/c20-19(23)15-6-11-18(22-13-15)24-17-9-7-16(8-10-17)21-12-14-4-2-1-3-5-14/h1-6,11,13,16-17,21H,7-10,12H2,(H2,20,23). The Morgan fingerprint density at radius 3 is 2.50 bits per heavy atom. The molecular formula is C19H23N3O2. The molecule has 2 aromatic rings. The summed E-state index contributed by atoms with van der Waals surface area (Å²) in [7, 11) is 0. The maximum atomic E-state index is 11.0. The summed E-state index contributed by atoms with van der Waals surface area (Å²) in [5.74, 6) is 0.0831. The number of rotatable bonds is 6. The van der Waals surface area contributed by atoms with Crippen molar-refractivity contribution in [3.8, 4) is 5.88 Å². The Kier molecular flexibility index (Phi) is 5.43. The van der Waals surface area contributed by atoms with Gasteiger partial charge in [-0.2, -0.15) is 0 Å². The molecule has 5 heteroatoms. The molecule has 5 nitrogen and oxygen atoms in total. The summed E-state index contributed by atoms with van der Waals surface area (Å²) in [5.41, 5.74) is 6.92. The molecule has 0 bridgehead atoms. The quantitative estimate of drug-likeness (QED) is 0.856. The third-order valence-electron chi connectivity index (χ3n) is 4.42. The first kappa shape index (κ1) is 16.5. The van der Waals surface area contributed by atoms with E-state index in [-0.39, 0.29) is 6.10 Å². The van der Waals surface area contributed by atoms with Crippen molar-refractivity contribution in [1.29, 1.82) is 0 Å². The van der Waals surface area contributed by atoms with Crippen molar-refractivity contribution in [3.05, 3.63) is 59.8 Å². The Morgan fingerprint density at radius 2 is 1.88 bits per heavy atom. The van der Waals surface area contributed by atoms with E-state index in [4.69, 9.17) is 10.5 Å². The molecule has 0 spiro atoms. The number of primary amides is 1. The highest BCUT2D eigenvalue weighted by Gasteiger charge is 2.22. The van der Waals surface area contributed by atoms with Gasteiger partial charge in [0.1, 0.15) is 6.10 Å². The van der Waals surface area contributed by atoms with Crippen LogP contribution in [0.2, 0.25) is 0 Å². The minimum Gasteiger partial charge on any atom is -0.474 e. The average molecular weight is 325 g/mol. The molecule has 3 rings (SSSR count). The second kappa shape index (κ2) is 7.93. The number of hydrogen-bond donors (Lipinski definition) is 2. The molecule has 1 aromatic heterocycles. The zero-order valence-corrected chi connectivity index (χ0v) is 13.7. The molecule has 1 fully saturated rings. The van der Waals surface area contributed by atoms with Crippen molar-refractivity contribution in [2.45, 2.75) is 44.4 Å². The molecule has 1 aliphatic rings. The lowest BCUT2D eigenvalue weighted by Gasteiger charge is -2.29. The van der Waals surface area contributed by atoms with Gasteiger partial charge in [-0.25, -0.2) is 4.98 Å². The van der Waals surface area contributed by atoms with E-state index in [1.54, 1.807) is 12.1 Å². The summed E-state index contributed by atoms with van der Waals surface area (Å²) in [4.78, 5) is 15.2. The number of carbonyl (C=O) groups excluding carboxylic acids is 1. The Balaban J connectivity index is 1.42. The van der Waals surface area contributed by atoms with Gasteiger partial charge in [-0.3, -0.25) is 4.79 Å². The molecule has 1 aromatic carbocycles. The van der Waals surface area contributed by atoms with Crippen LogP contribution < -0.4 is 15.8 Å². The van der Waals surface area contributed by atoms with Crippen molar-refractivity contribution >= 4 is 5.91 Å². The molecule has 0 atom stereocenters. The normalized spacial score (nSPS) is 20.5. The molecule has 24 heavy (non-hydrogen) atoms. The fourth-order valence-electron chi connectivity index (χ4n) is 3.01. The topological polar surface area (TPSA) is 77.2 Å². The number of hydrogen-bond acceptors (Lipinski definition) is 4. The van der Waals surface area contributed by atoms with Gasteiger partial charge in [-0.05, 0) is 37.3 Å². The minimum absolute atomic E-state index is 0.187. The van der Waals surface area contributed by atoms with Gasteiger partial charge in [0.15, 0.2) is 0 Å². The number of amides is 1. The lowest BCUT2D eigenvalue weighted by atomic mass is 9.93. The lowest BCUT2D eigenvalue weighted by molar-refractivity contribution is 0.0999. The van der Waals surface area contributed by atoms with Gasteiger partial charge in [0.25, 0.3) is 0 Å². The van der Waals surface area contributed by atoms with Crippen LogP contribution in [0.25, 0.3) is 0 Å². The summed E-state index contributed by atoms with van der Waals surface area (Å²) in [6, 6.07) is 14.4. The van der Waals surface area contributed by atoms with E-state index in [1.165, 1.54) is 11.8 Å². The highest BCUT2D eigenvalue weighted by molar-refractivity contribution is 5.92. The highest BCUT2D eigenvalue weighted by Crippen LogP contribution is 2.23. The Hall–Kier alpha value is -2.40. The Bertz CT molecular complexity index is 650. The van der Waals surface area contributed by atoms with E-state index >= 15 is 0 Å². The first-order valence-electron chi connectivity index (χ1n) is 8.40. The number of nitrogens with one attached hydrogen (secondary N) is 1. The van der Waals surface area contributed by atoms with Crippen LogP contribution in [0.15, 0.2) is 48.7 Å². The first-order chi connectivity index (χ1) is 11.7. The van der Waals surface area contributed by atoms with E-state index in [1.807, 2.05) is 6.07 Å². The fourth-order valence-corrected chi connectivity index (χ4v) is 3.01. The van der Waals surface area contributed by atoms with Crippen LogP contribution in [0.3, 0.4) is 0 Å². The van der Waals surface area contributed by atoms with Crippen molar-refractivity contribution in [1.82, 2.24) is 10.3 Å². The maximum Gasteiger partial charge on any atom is 0.250 e. The third-order valence-corrected chi connectivity index (χ3v) is 4.42. The van der Waals surface area contributed by atoms with E-state index in [0.717, 1.165) is 32.2 Å². The number of carbonyl (C=O) groups is 1. The van der Waals surface area contributed by atoms with E-state index < -0.39 is 5.91 Å². The number of ether oxygens (including phenoxy) is 1. The Morgan fingerprint density at radius 1 is 1.12 bits per heavy atom. The third kappa shape index (κ3) is 4.55. The Labute approximate surface area is 142 Å². The van der Waals surface area contributed by atoms with Crippen LogP contribution >= 0.6 is 0 Å². The van der Waals surface area contributed by atoms with Gasteiger partial charge < -0.3 is 15.8 Å². The monoisotopic (exact) mass is 325 g/mol. The second-order valence-electron chi connectivity index (χ2n) is 6.21. The molecule has 1 amide bonds. The smallest absolute Gasteiger partial charge is 0.250 e. The predicted octanol–water partition coefficient (Wildman–Crippen LogP) is 2.66. The van der Waals surface area contributed by atoms with Gasteiger partial charge in [0.2, 0.25) is 11.8 Å². The molecule has 1 aliphatic carbocycles. The second-order valence-corrected chi connectivity index (χ2v) is 6.21. The fraction of sp³-hybridized carbons (Fsp3) is 0.368. The molecule has 0 saturated heterocycles. The number of nitrogens with two attached hydrogens (primary N) is 1. The summed E-state index contributed by atoms with van der Waals surface area (Å²) < 4.78 is 5.91. The number of aromatic nitrogens is 1. The van der Waals surface area contributed by atoms with Gasteiger partial charge in [-0.1, -0.05) is 30.3 Å². The molecule has 1 saturated carbocycles. The summed E-state index contributed by atoms with van der Waals surface area (Å²) in [5, 5.41) is 3.62. The van der Waals surface area contributed by atoms with Crippen LogP contribution in [0, 0.1) is 0 Å². The summed E-state index contributed by atoms with van der Waals surface area (Å²) in [6.45, 7) is 0.910. The predicted molar refractivity (Wildman–Crippen MR) is 92.7 cm³/mol. The van der Waals surface area contributed by atoms with E-state index in [2.05, 4.69) is 34.6 Å². The summed E-state index contributed by atoms with van der Waals surface area (Å²) in [6.07, 6.45) is 5.85. The van der Waals surface area contributed by atoms with E-state index in [0.29, 0.717) is 17.5 Å². The SMILES string of the molecule is NC(=O)c1ccc(OC2CCC(NCc3ccccc3)CC2)nc1. The first-order valence-corrected chi connectivity index (χ1v) is 8.40. The molecule has 0 aliphatic heterocycles. The van der Waals surface area contributed by atoms with Crippen LogP contribution in [-0.2, 0) is 6.54 Å². The van der Waals surface area contributed by atoms with Crippen LogP contribution in [0.1, 0.15) is 41.6 Å². The molecule has 0 radical (unpaired) electrons. The van der Waals surface area contributed by atoms with Crippen molar-refractivity contribution < 1.29 is 9.53 Å². The van der Waals surface area contributed by atoms with Crippen LogP contribution in [0.4, 0.5) is 0 Å². The zero-order valence-electron chi connectivity index (χ0n) is 13.7. The summed E-state index contributed by atoms with van der Waals surface area (Å²) >= 11 is 0. The molecule has 1 heterocycles. The zero-order chi connectivity index (χ0) is 16.8. The van der Waals surface area contributed by atoms with Crippen molar-refractivity contribution in [2.75, 3.05) is 0 Å². The number of pyridine rings is 1. The molecule has 3 N–H and O–H groups in total. The van der Waals surface area contributed by atoms with Gasteiger partial charge >= 0.3 is 0 Å². The van der Waals surface area contributed by atoms with Gasteiger partial charge in [0.05, 0.1) is 5.56 Å². The lowest BCUT2D eigenvalue weighted by Crippen LogP contribution is -2.36. The maximum absolute atomic E-state index is 11.0. The van der Waals surface area contributed by atoms with Gasteiger partial charge in [-0.15, -0.1) is 0 Å². The van der Waals surface area contributed by atoms with Crippen LogP contribution in [-0.4, -0.2) is 23.0 Å². The molecule has 0 unspecified atom stereocenters. The van der Waals surface area contributed by atoms with Crippen LogP contribution in [0.5, 0.6) is 5.88 Å². The highest BCUT2D eigenvalue weighted by atomic mass is 16.5. The molecular weight excluding hydrogens is 302 g/mol. The van der Waals surface area contributed by atoms with Crippen molar-refractivity contribution in [3.63, 3.8) is 0 Å². The largest absolute Gasteiger partial charge is 0.474 e. The average Bonchev–Trinajstić information content (AvgIpc) is 2.62. The van der Waals surface area contributed by atoms with E-state index in [9.17, 15) is 4.79 Å². The number of benzene rings is 1. The molecule has 126 valence electrons.